The van der Waals surface area contributed by atoms with Gasteiger partial charge in [0, 0.05) is 47.8 Å². The van der Waals surface area contributed by atoms with E-state index in [-0.39, 0.29) is 11.3 Å². The molecular weight excluding hydrogens is 576 g/mol. The number of benzene rings is 3. The molecule has 0 radical (unpaired) electrons. The molecule has 45 heavy (non-hydrogen) atoms. The highest BCUT2D eigenvalue weighted by molar-refractivity contribution is 6.27. The van der Waals surface area contributed by atoms with Gasteiger partial charge in [0.05, 0.1) is 6.61 Å². The summed E-state index contributed by atoms with van der Waals surface area (Å²) >= 11 is 0. The second-order valence-electron chi connectivity index (χ2n) is 11.9. The Balaban J connectivity index is 0.000000545. The third-order valence-corrected chi connectivity index (χ3v) is 8.80. The van der Waals surface area contributed by atoms with Crippen molar-refractivity contribution >= 4 is 23.5 Å². The molecule has 0 bridgehead atoms. The number of piperidine rings is 1. The number of likely N-dealkylation sites (tertiary alicyclic amines) is 1. The summed E-state index contributed by atoms with van der Waals surface area (Å²) in [6.45, 7) is 7.43. The van der Waals surface area contributed by atoms with Crippen molar-refractivity contribution in [1.29, 1.82) is 0 Å². The van der Waals surface area contributed by atoms with Gasteiger partial charge in [-0.3, -0.25) is 4.79 Å². The zero-order chi connectivity index (χ0) is 31.9. The van der Waals surface area contributed by atoms with E-state index in [4.69, 9.17) is 29.1 Å². The van der Waals surface area contributed by atoms with E-state index in [0.717, 1.165) is 66.2 Å². The highest BCUT2D eigenvalue weighted by Crippen LogP contribution is 2.48. The number of aliphatic carboxylic acids is 2. The van der Waals surface area contributed by atoms with E-state index in [0.29, 0.717) is 23.8 Å². The number of hydrogen-bond acceptors (Lipinski definition) is 8. The zero-order valence-electron chi connectivity index (χ0n) is 25.4. The summed E-state index contributed by atoms with van der Waals surface area (Å²) in [5.74, 6) is -1.45. The van der Waals surface area contributed by atoms with Crippen molar-refractivity contribution in [2.24, 2.45) is 0 Å². The van der Waals surface area contributed by atoms with Gasteiger partial charge in [0.2, 0.25) is 11.7 Å². The zero-order valence-corrected chi connectivity index (χ0v) is 25.4. The van der Waals surface area contributed by atoms with Crippen LogP contribution in [0.15, 0.2) is 59.1 Å². The SMILES string of the molecule is Cc1nc(-c2ccc(-c3ccc(C(=O)N4CCc5cc6c(cc54)C4(CCCN(C)C4)CO6)cc3)c(C)c2)no1.O=C(O)C(=O)O. The van der Waals surface area contributed by atoms with Crippen LogP contribution in [0, 0.1) is 13.8 Å². The molecule has 4 aromatic rings. The lowest BCUT2D eigenvalue weighted by atomic mass is 9.75. The largest absolute Gasteiger partial charge is 0.492 e. The molecule has 1 spiro atoms. The van der Waals surface area contributed by atoms with Gasteiger partial charge in [-0.2, -0.15) is 4.98 Å². The number of likely N-dealkylation sites (N-methyl/N-ethyl adjacent to an activating group) is 1. The van der Waals surface area contributed by atoms with Crippen LogP contribution in [0.5, 0.6) is 5.75 Å². The smallest absolute Gasteiger partial charge is 0.414 e. The highest BCUT2D eigenvalue weighted by atomic mass is 16.5. The molecule has 1 fully saturated rings. The van der Waals surface area contributed by atoms with Crippen LogP contribution in [0.2, 0.25) is 0 Å². The Morgan fingerprint density at radius 2 is 1.67 bits per heavy atom. The Labute approximate surface area is 260 Å². The van der Waals surface area contributed by atoms with Crippen molar-refractivity contribution in [3.8, 4) is 28.3 Å². The fourth-order valence-electron chi connectivity index (χ4n) is 6.64. The molecule has 0 saturated carbocycles. The number of carbonyl (C=O) groups excluding carboxylic acids is 1. The lowest BCUT2D eigenvalue weighted by Crippen LogP contribution is -2.45. The molecule has 4 heterocycles. The van der Waals surface area contributed by atoms with Crippen LogP contribution in [-0.4, -0.2) is 76.4 Å². The van der Waals surface area contributed by atoms with Gasteiger partial charge in [-0.15, -0.1) is 0 Å². The van der Waals surface area contributed by atoms with Crippen molar-refractivity contribution in [3.05, 3.63) is 82.7 Å². The standard InChI is InChI=1S/C32H32N4O3.C2H2O4/c1-20-15-25(30-33-21(2)39-34-30)9-10-26(20)22-5-7-23(8-6-22)31(37)36-14-11-24-16-29-27(17-28(24)36)32(19-38-29)12-4-13-35(3)18-32;3-1(4)2(5)6/h5-10,15-17H,4,11-14,18-19H2,1-3H3;(H,3,4)(H,5,6). The first-order chi connectivity index (χ1) is 21.5. The van der Waals surface area contributed by atoms with E-state index in [1.54, 1.807) is 6.92 Å². The molecule has 232 valence electrons. The molecule has 3 aromatic carbocycles. The number of nitrogens with zero attached hydrogens (tertiary/aromatic N) is 4. The minimum atomic E-state index is -1.82. The molecule has 1 atom stereocenters. The third kappa shape index (κ3) is 5.78. The van der Waals surface area contributed by atoms with Gasteiger partial charge in [-0.1, -0.05) is 29.4 Å². The number of rotatable bonds is 3. The van der Waals surface area contributed by atoms with Crippen LogP contribution < -0.4 is 9.64 Å². The van der Waals surface area contributed by atoms with Gasteiger partial charge >= 0.3 is 11.9 Å². The van der Waals surface area contributed by atoms with Crippen LogP contribution in [-0.2, 0) is 21.4 Å². The molecule has 7 rings (SSSR count). The Morgan fingerprint density at radius 1 is 0.933 bits per heavy atom. The molecule has 11 heteroatoms. The van der Waals surface area contributed by atoms with Crippen molar-refractivity contribution in [2.45, 2.75) is 38.5 Å². The monoisotopic (exact) mass is 610 g/mol. The van der Waals surface area contributed by atoms with Crippen molar-refractivity contribution < 1.29 is 33.9 Å². The van der Waals surface area contributed by atoms with E-state index in [1.807, 2.05) is 35.2 Å². The second kappa shape index (κ2) is 11.8. The molecule has 11 nitrogen and oxygen atoms in total. The van der Waals surface area contributed by atoms with Gasteiger partial charge in [-0.25, -0.2) is 9.59 Å². The molecule has 1 saturated heterocycles. The van der Waals surface area contributed by atoms with E-state index in [9.17, 15) is 4.79 Å². The Hall–Kier alpha value is -5.03. The molecule has 3 aliphatic heterocycles. The minimum absolute atomic E-state index is 0.0340. The lowest BCUT2D eigenvalue weighted by Gasteiger charge is -2.38. The predicted octanol–water partition coefficient (Wildman–Crippen LogP) is 4.73. The van der Waals surface area contributed by atoms with Gasteiger partial charge in [-0.05, 0) is 92.4 Å². The topological polar surface area (TPSA) is 146 Å². The number of carbonyl (C=O) groups is 3. The average Bonchev–Trinajstić information content (AvgIpc) is 3.73. The number of carboxylic acids is 2. The van der Waals surface area contributed by atoms with Crippen LogP contribution in [0.3, 0.4) is 0 Å². The summed E-state index contributed by atoms with van der Waals surface area (Å²) < 4.78 is 11.3. The predicted molar refractivity (Wildman–Crippen MR) is 166 cm³/mol. The number of fused-ring (bicyclic) bond motifs is 3. The summed E-state index contributed by atoms with van der Waals surface area (Å²) in [5.41, 5.74) is 8.47. The normalized spacial score (nSPS) is 18.5. The fraction of sp³-hybridized carbons (Fsp3) is 0.324. The maximum atomic E-state index is 13.7. The highest BCUT2D eigenvalue weighted by Gasteiger charge is 2.44. The molecule has 3 aliphatic rings. The number of aryl methyl sites for hydroxylation is 2. The van der Waals surface area contributed by atoms with Crippen molar-refractivity contribution in [1.82, 2.24) is 15.0 Å². The second-order valence-corrected chi connectivity index (χ2v) is 11.9. The summed E-state index contributed by atoms with van der Waals surface area (Å²) in [6, 6.07) is 18.6. The van der Waals surface area contributed by atoms with E-state index in [2.05, 4.69) is 53.3 Å². The first-order valence-corrected chi connectivity index (χ1v) is 14.8. The Kier molecular flexibility index (Phi) is 7.88. The number of anilines is 1. The number of hydrogen-bond donors (Lipinski definition) is 2. The summed E-state index contributed by atoms with van der Waals surface area (Å²) in [7, 11) is 2.19. The fourth-order valence-corrected chi connectivity index (χ4v) is 6.64. The number of aromatic nitrogens is 2. The van der Waals surface area contributed by atoms with E-state index >= 15 is 0 Å². The maximum absolute atomic E-state index is 13.7. The summed E-state index contributed by atoms with van der Waals surface area (Å²) in [5, 5.41) is 18.8. The third-order valence-electron chi connectivity index (χ3n) is 8.80. The maximum Gasteiger partial charge on any atom is 0.414 e. The lowest BCUT2D eigenvalue weighted by molar-refractivity contribution is -0.159. The molecule has 2 N–H and O–H groups in total. The molecule has 1 unspecified atom stereocenters. The molecular formula is C34H34N4O7. The summed E-state index contributed by atoms with van der Waals surface area (Å²) in [6.07, 6.45) is 3.16. The molecule has 0 aliphatic carbocycles. The van der Waals surface area contributed by atoms with E-state index in [1.165, 1.54) is 17.5 Å². The van der Waals surface area contributed by atoms with Gasteiger partial charge in [0.25, 0.3) is 5.91 Å². The first kappa shape index (κ1) is 30.0. The van der Waals surface area contributed by atoms with Crippen LogP contribution in [0.1, 0.15) is 45.8 Å². The Morgan fingerprint density at radius 3 is 2.31 bits per heavy atom. The van der Waals surface area contributed by atoms with Crippen LogP contribution in [0.25, 0.3) is 22.5 Å². The van der Waals surface area contributed by atoms with Crippen molar-refractivity contribution in [2.75, 3.05) is 38.2 Å². The number of ether oxygens (including phenoxy) is 1. The molecule has 1 amide bonds. The summed E-state index contributed by atoms with van der Waals surface area (Å²) in [4.78, 5) is 40.6. The minimum Gasteiger partial charge on any atom is -0.492 e. The number of carboxylic acid groups (broad SMARTS) is 2. The van der Waals surface area contributed by atoms with Gasteiger partial charge in [0.15, 0.2) is 0 Å². The number of amides is 1. The quantitative estimate of drug-likeness (QED) is 0.312. The molecule has 1 aromatic heterocycles. The van der Waals surface area contributed by atoms with Gasteiger partial charge in [0.1, 0.15) is 5.75 Å². The first-order valence-electron chi connectivity index (χ1n) is 14.8. The van der Waals surface area contributed by atoms with Crippen LogP contribution >= 0.6 is 0 Å². The van der Waals surface area contributed by atoms with Crippen LogP contribution in [0.4, 0.5) is 5.69 Å². The Bertz CT molecular complexity index is 1790. The van der Waals surface area contributed by atoms with Gasteiger partial charge < -0.3 is 29.3 Å². The average molecular weight is 611 g/mol. The van der Waals surface area contributed by atoms with Crippen molar-refractivity contribution in [3.63, 3.8) is 0 Å². The van der Waals surface area contributed by atoms with E-state index < -0.39 is 11.9 Å².